The van der Waals surface area contributed by atoms with Gasteiger partial charge in [-0.3, -0.25) is 10.4 Å². The highest BCUT2D eigenvalue weighted by Gasteiger charge is 2.27. The molecular formula is C31H43FN6. The predicted octanol–water partition coefficient (Wildman–Crippen LogP) is 6.29. The molecule has 0 saturated carbocycles. The fraction of sp³-hybridized carbons (Fsp3) is 0.387. The van der Waals surface area contributed by atoms with E-state index in [1.54, 1.807) is 18.2 Å². The van der Waals surface area contributed by atoms with Crippen molar-refractivity contribution in [1.29, 1.82) is 5.41 Å². The molecule has 0 aliphatic carbocycles. The van der Waals surface area contributed by atoms with Gasteiger partial charge in [-0.05, 0) is 66.8 Å². The first-order valence-electron chi connectivity index (χ1n) is 13.3. The van der Waals surface area contributed by atoms with E-state index in [4.69, 9.17) is 11.1 Å². The van der Waals surface area contributed by atoms with E-state index in [1.165, 1.54) is 29.2 Å². The van der Waals surface area contributed by atoms with Crippen LogP contribution < -0.4 is 5.73 Å². The number of pyridine rings is 1. The molecule has 0 amide bonds. The number of aliphatic imine (C=N–C) groups is 1. The number of fused-ring (bicyclic) bond motifs is 1. The molecule has 2 aliphatic heterocycles. The summed E-state index contributed by atoms with van der Waals surface area (Å²) in [4.78, 5) is 12.2. The van der Waals surface area contributed by atoms with E-state index in [-0.39, 0.29) is 0 Å². The number of nitrogens with zero attached hydrogens (tertiary/aromatic N) is 4. The van der Waals surface area contributed by atoms with E-state index in [0.717, 1.165) is 31.9 Å². The molecule has 1 fully saturated rings. The van der Waals surface area contributed by atoms with Gasteiger partial charge in [0.1, 0.15) is 0 Å². The number of benzene rings is 1. The van der Waals surface area contributed by atoms with Gasteiger partial charge in [-0.25, -0.2) is 4.98 Å². The Bertz CT molecular complexity index is 1160. The van der Waals surface area contributed by atoms with Gasteiger partial charge in [0.2, 0.25) is 5.95 Å². The van der Waals surface area contributed by atoms with Crippen molar-refractivity contribution in [1.82, 2.24) is 14.8 Å². The lowest BCUT2D eigenvalue weighted by Crippen LogP contribution is -2.53. The first-order valence-corrected chi connectivity index (χ1v) is 13.3. The maximum Gasteiger partial charge on any atom is 0.222 e. The largest absolute Gasteiger partial charge is 0.398 e. The number of nitrogens with two attached hydrogens (primary N) is 1. The van der Waals surface area contributed by atoms with Gasteiger partial charge in [0, 0.05) is 49.5 Å². The van der Waals surface area contributed by atoms with Gasteiger partial charge in [-0.15, -0.1) is 0 Å². The van der Waals surface area contributed by atoms with E-state index in [2.05, 4.69) is 64.8 Å². The molecule has 4 rings (SSSR count). The SMILES string of the molecule is C/C(=C\C=C(/N)c1cccnc1F)N1CCN(C=N)C(C(C)C)C1.CC.Cc1cccc2c1C=CC=NC2. The highest BCUT2D eigenvalue weighted by Crippen LogP contribution is 2.20. The molecule has 2 aliphatic rings. The summed E-state index contributed by atoms with van der Waals surface area (Å²) in [5.41, 5.74) is 11.7. The summed E-state index contributed by atoms with van der Waals surface area (Å²) in [5.74, 6) is -0.0935. The third-order valence-corrected chi connectivity index (χ3v) is 6.60. The average Bonchev–Trinajstić information content (AvgIpc) is 3.19. The molecule has 1 atom stereocenters. The van der Waals surface area contributed by atoms with Gasteiger partial charge in [0.05, 0.1) is 18.4 Å². The van der Waals surface area contributed by atoms with E-state index in [0.29, 0.717) is 23.2 Å². The van der Waals surface area contributed by atoms with Crippen LogP contribution in [0.3, 0.4) is 0 Å². The number of allylic oxidation sites excluding steroid dienone is 4. The Morgan fingerprint density at radius 1 is 1.16 bits per heavy atom. The Labute approximate surface area is 228 Å². The molecule has 3 N–H and O–H groups in total. The van der Waals surface area contributed by atoms with Gasteiger partial charge in [0.25, 0.3) is 0 Å². The lowest BCUT2D eigenvalue weighted by Gasteiger charge is -2.43. The molecule has 38 heavy (non-hydrogen) atoms. The highest BCUT2D eigenvalue weighted by atomic mass is 19.1. The van der Waals surface area contributed by atoms with Gasteiger partial charge >= 0.3 is 0 Å². The van der Waals surface area contributed by atoms with Crippen molar-refractivity contribution in [2.45, 2.75) is 54.1 Å². The third kappa shape index (κ3) is 8.40. The summed E-state index contributed by atoms with van der Waals surface area (Å²) in [5, 5.41) is 7.55. The first-order chi connectivity index (χ1) is 18.3. The van der Waals surface area contributed by atoms with Crippen LogP contribution in [0.4, 0.5) is 4.39 Å². The summed E-state index contributed by atoms with van der Waals surface area (Å²) < 4.78 is 13.7. The van der Waals surface area contributed by atoms with Crippen LogP contribution in [0.1, 0.15) is 56.9 Å². The van der Waals surface area contributed by atoms with Crippen molar-refractivity contribution >= 4 is 24.3 Å². The van der Waals surface area contributed by atoms with Crippen molar-refractivity contribution in [3.05, 3.63) is 88.7 Å². The molecule has 1 saturated heterocycles. The topological polar surface area (TPSA) is 81.6 Å². The fourth-order valence-corrected chi connectivity index (χ4v) is 4.37. The minimum Gasteiger partial charge on any atom is -0.398 e. The quantitative estimate of drug-likeness (QED) is 0.211. The molecule has 204 valence electrons. The molecule has 3 heterocycles. The van der Waals surface area contributed by atoms with Crippen LogP contribution in [0.15, 0.2) is 65.4 Å². The summed E-state index contributed by atoms with van der Waals surface area (Å²) in [6.07, 6.45) is 12.5. The second-order valence-corrected chi connectivity index (χ2v) is 9.39. The van der Waals surface area contributed by atoms with Crippen LogP contribution in [0.5, 0.6) is 0 Å². The summed E-state index contributed by atoms with van der Waals surface area (Å²) >= 11 is 0. The lowest BCUT2D eigenvalue weighted by atomic mass is 10.00. The van der Waals surface area contributed by atoms with Gasteiger partial charge in [-0.2, -0.15) is 4.39 Å². The predicted molar refractivity (Wildman–Crippen MR) is 160 cm³/mol. The molecule has 2 aromatic rings. The molecule has 6 nitrogen and oxygen atoms in total. The maximum atomic E-state index is 13.7. The third-order valence-electron chi connectivity index (χ3n) is 6.60. The van der Waals surface area contributed by atoms with Crippen molar-refractivity contribution < 1.29 is 4.39 Å². The monoisotopic (exact) mass is 518 g/mol. The van der Waals surface area contributed by atoms with Gasteiger partial charge in [0.15, 0.2) is 0 Å². The van der Waals surface area contributed by atoms with Crippen LogP contribution in [-0.4, -0.2) is 53.0 Å². The lowest BCUT2D eigenvalue weighted by molar-refractivity contribution is 0.128. The highest BCUT2D eigenvalue weighted by molar-refractivity contribution is 5.80. The minimum absolute atomic E-state index is 0.315. The molecule has 7 heteroatoms. The van der Waals surface area contributed by atoms with Crippen LogP contribution in [0.25, 0.3) is 11.8 Å². The Morgan fingerprint density at radius 2 is 1.92 bits per heavy atom. The average molecular weight is 519 g/mol. The number of piperazine rings is 1. The standard InChI is InChI=1S/C18H26FN5.C11H11N.C2H6/c1-13(2)17-11-23(9-10-24(17)12-20)14(3)6-7-16(21)15-5-4-8-22-18(15)19;1-9-4-2-5-10-8-12-7-3-6-11(9)10;1-2/h4-8,12-13,17,20H,9-11,21H2,1-3H3;2-7H,8H2,1H3;1-2H3/b14-6+,16-7-,20-12?;;. The summed E-state index contributed by atoms with van der Waals surface area (Å²) in [6, 6.07) is 9.96. The number of nitrogens with one attached hydrogen (secondary N) is 1. The minimum atomic E-state index is -0.559. The Hall–Kier alpha value is -3.74. The number of hydrogen-bond donors (Lipinski definition) is 2. The molecule has 0 spiro atoms. The van der Waals surface area contributed by atoms with E-state index < -0.39 is 5.95 Å². The zero-order valence-electron chi connectivity index (χ0n) is 23.7. The molecule has 1 aromatic heterocycles. The smallest absolute Gasteiger partial charge is 0.222 e. The molecule has 1 unspecified atom stereocenters. The van der Waals surface area contributed by atoms with Crippen LogP contribution >= 0.6 is 0 Å². The second kappa shape index (κ2) is 15.5. The summed E-state index contributed by atoms with van der Waals surface area (Å²) in [7, 11) is 0. The normalized spacial score (nSPS) is 17.1. The van der Waals surface area contributed by atoms with E-state index in [1.807, 2.05) is 39.1 Å². The van der Waals surface area contributed by atoms with E-state index in [9.17, 15) is 4.39 Å². The number of hydrogen-bond acceptors (Lipinski definition) is 5. The van der Waals surface area contributed by atoms with Gasteiger partial charge in [-0.1, -0.05) is 52.0 Å². The van der Waals surface area contributed by atoms with Crippen molar-refractivity contribution in [3.63, 3.8) is 0 Å². The van der Waals surface area contributed by atoms with Crippen LogP contribution in [0.2, 0.25) is 0 Å². The number of halogens is 1. The van der Waals surface area contributed by atoms with Crippen LogP contribution in [-0.2, 0) is 6.54 Å². The summed E-state index contributed by atoms with van der Waals surface area (Å²) in [6.45, 7) is 15.9. The fourth-order valence-electron chi connectivity index (χ4n) is 4.37. The van der Waals surface area contributed by atoms with Crippen molar-refractivity contribution in [3.8, 4) is 0 Å². The second-order valence-electron chi connectivity index (χ2n) is 9.39. The molecular weight excluding hydrogens is 475 g/mol. The number of rotatable bonds is 5. The van der Waals surface area contributed by atoms with Crippen LogP contribution in [0, 0.1) is 24.2 Å². The molecule has 1 aromatic carbocycles. The van der Waals surface area contributed by atoms with E-state index >= 15 is 0 Å². The first kappa shape index (κ1) is 30.5. The molecule has 0 radical (unpaired) electrons. The molecule has 0 bridgehead atoms. The Kier molecular flexibility index (Phi) is 12.4. The maximum absolute atomic E-state index is 13.7. The number of aromatic nitrogens is 1. The Morgan fingerprint density at radius 3 is 2.61 bits per heavy atom. The van der Waals surface area contributed by atoms with Gasteiger partial charge < -0.3 is 15.5 Å². The Balaban J connectivity index is 0.000000301. The van der Waals surface area contributed by atoms with Crippen molar-refractivity contribution in [2.75, 3.05) is 19.6 Å². The van der Waals surface area contributed by atoms with Crippen molar-refractivity contribution in [2.24, 2.45) is 16.6 Å². The zero-order chi connectivity index (χ0) is 28.1. The zero-order valence-corrected chi connectivity index (χ0v) is 23.7. The number of aryl methyl sites for hydroxylation is 1.